The molecule has 0 radical (unpaired) electrons. The van der Waals surface area contributed by atoms with Crippen molar-refractivity contribution >= 4 is 5.95 Å². The van der Waals surface area contributed by atoms with Crippen molar-refractivity contribution in [2.75, 3.05) is 38.2 Å². The monoisotopic (exact) mass is 274 g/mol. The molecule has 0 aliphatic carbocycles. The van der Waals surface area contributed by atoms with E-state index in [-0.39, 0.29) is 6.10 Å². The standard InChI is InChI=1S/C13H18N6O/c1-18(10-12-9-14-7-8-20-12)13-15-16-17-19(13)11-5-3-2-4-6-11/h2-6,12,14H,7-10H2,1H3. The number of ether oxygens (including phenoxy) is 1. The first kappa shape index (κ1) is 13.0. The summed E-state index contributed by atoms with van der Waals surface area (Å²) in [5.74, 6) is 0.713. The molecule has 3 rings (SSSR count). The van der Waals surface area contributed by atoms with Crippen LogP contribution < -0.4 is 10.2 Å². The molecule has 1 N–H and O–H groups in total. The van der Waals surface area contributed by atoms with E-state index in [0.717, 1.165) is 31.9 Å². The summed E-state index contributed by atoms with van der Waals surface area (Å²) in [6.45, 7) is 3.28. The molecule has 0 saturated carbocycles. The Labute approximate surface area is 117 Å². The molecule has 1 aliphatic rings. The van der Waals surface area contributed by atoms with Gasteiger partial charge in [0.25, 0.3) is 0 Å². The van der Waals surface area contributed by atoms with Gasteiger partial charge in [-0.3, -0.25) is 0 Å². The first-order valence-electron chi connectivity index (χ1n) is 6.72. The summed E-state index contributed by atoms with van der Waals surface area (Å²) in [5.41, 5.74) is 0.946. The van der Waals surface area contributed by atoms with Gasteiger partial charge in [0, 0.05) is 26.7 Å². The van der Waals surface area contributed by atoms with Crippen LogP contribution in [0.2, 0.25) is 0 Å². The summed E-state index contributed by atoms with van der Waals surface area (Å²) >= 11 is 0. The molecule has 1 atom stereocenters. The molecule has 7 nitrogen and oxygen atoms in total. The summed E-state index contributed by atoms with van der Waals surface area (Å²) in [4.78, 5) is 2.02. The summed E-state index contributed by atoms with van der Waals surface area (Å²) in [6, 6.07) is 9.86. The van der Waals surface area contributed by atoms with E-state index in [1.807, 2.05) is 42.3 Å². The zero-order valence-electron chi connectivity index (χ0n) is 11.4. The van der Waals surface area contributed by atoms with E-state index in [4.69, 9.17) is 4.74 Å². The van der Waals surface area contributed by atoms with Gasteiger partial charge in [-0.1, -0.05) is 23.3 Å². The largest absolute Gasteiger partial charge is 0.374 e. The highest BCUT2D eigenvalue weighted by molar-refractivity contribution is 5.39. The van der Waals surface area contributed by atoms with Gasteiger partial charge in [0.05, 0.1) is 18.4 Å². The fourth-order valence-corrected chi connectivity index (χ4v) is 2.28. The van der Waals surface area contributed by atoms with Crippen LogP contribution in [-0.4, -0.2) is 59.6 Å². The van der Waals surface area contributed by atoms with Crippen LogP contribution in [0.1, 0.15) is 0 Å². The van der Waals surface area contributed by atoms with Crippen LogP contribution >= 0.6 is 0 Å². The normalized spacial score (nSPS) is 18.9. The average molecular weight is 274 g/mol. The fraction of sp³-hybridized carbons (Fsp3) is 0.462. The molecule has 1 fully saturated rings. The van der Waals surface area contributed by atoms with Gasteiger partial charge in [-0.25, -0.2) is 0 Å². The minimum absolute atomic E-state index is 0.162. The van der Waals surface area contributed by atoms with Crippen LogP contribution in [0.25, 0.3) is 5.69 Å². The lowest BCUT2D eigenvalue weighted by atomic mass is 10.3. The van der Waals surface area contributed by atoms with Crippen LogP contribution in [0.3, 0.4) is 0 Å². The molecule has 1 saturated heterocycles. The lowest BCUT2D eigenvalue weighted by Crippen LogP contribution is -2.44. The predicted octanol–water partition coefficient (Wildman–Crippen LogP) is 0.0869. The number of likely N-dealkylation sites (N-methyl/N-ethyl adjacent to an activating group) is 1. The number of morpholine rings is 1. The Kier molecular flexibility index (Phi) is 3.89. The number of aromatic nitrogens is 4. The zero-order chi connectivity index (χ0) is 13.8. The maximum Gasteiger partial charge on any atom is 0.250 e. The second kappa shape index (κ2) is 5.98. The molecule has 2 heterocycles. The minimum atomic E-state index is 0.162. The Balaban J connectivity index is 1.75. The molecular formula is C13H18N6O. The molecule has 20 heavy (non-hydrogen) atoms. The maximum absolute atomic E-state index is 5.71. The number of nitrogens with zero attached hydrogens (tertiary/aromatic N) is 5. The number of benzene rings is 1. The second-order valence-electron chi connectivity index (χ2n) is 4.80. The van der Waals surface area contributed by atoms with Crippen molar-refractivity contribution in [3.05, 3.63) is 30.3 Å². The lowest BCUT2D eigenvalue weighted by Gasteiger charge is -2.28. The Morgan fingerprint density at radius 2 is 2.25 bits per heavy atom. The number of tetrazole rings is 1. The molecule has 1 aromatic carbocycles. The van der Waals surface area contributed by atoms with Gasteiger partial charge in [0.2, 0.25) is 5.95 Å². The summed E-state index contributed by atoms with van der Waals surface area (Å²) in [5, 5.41) is 15.3. The highest BCUT2D eigenvalue weighted by Gasteiger charge is 2.19. The molecule has 1 aliphatic heterocycles. The van der Waals surface area contributed by atoms with Gasteiger partial charge in [-0.2, -0.15) is 4.68 Å². The van der Waals surface area contributed by atoms with Crippen molar-refractivity contribution in [1.82, 2.24) is 25.5 Å². The van der Waals surface area contributed by atoms with Crippen LogP contribution in [0.15, 0.2) is 30.3 Å². The van der Waals surface area contributed by atoms with Crippen LogP contribution in [0.4, 0.5) is 5.95 Å². The lowest BCUT2D eigenvalue weighted by molar-refractivity contribution is 0.0338. The van der Waals surface area contributed by atoms with E-state index in [2.05, 4.69) is 20.8 Å². The van der Waals surface area contributed by atoms with Gasteiger partial charge in [-0.15, -0.1) is 0 Å². The van der Waals surface area contributed by atoms with Gasteiger partial charge in [-0.05, 0) is 22.6 Å². The Morgan fingerprint density at radius 1 is 1.40 bits per heavy atom. The van der Waals surface area contributed by atoms with Gasteiger partial charge < -0.3 is 15.0 Å². The van der Waals surface area contributed by atoms with Gasteiger partial charge in [0.15, 0.2) is 0 Å². The number of rotatable bonds is 4. The highest BCUT2D eigenvalue weighted by Crippen LogP contribution is 2.14. The fourth-order valence-electron chi connectivity index (χ4n) is 2.28. The van der Waals surface area contributed by atoms with Crippen molar-refractivity contribution < 1.29 is 4.74 Å². The third-order valence-electron chi connectivity index (χ3n) is 3.28. The quantitative estimate of drug-likeness (QED) is 0.852. The van der Waals surface area contributed by atoms with Crippen LogP contribution in [-0.2, 0) is 4.74 Å². The molecule has 1 unspecified atom stereocenters. The molecule has 2 aromatic rings. The topological polar surface area (TPSA) is 68.1 Å². The summed E-state index contributed by atoms with van der Waals surface area (Å²) in [6.07, 6.45) is 0.162. The number of hydrogen-bond donors (Lipinski definition) is 1. The molecule has 1 aromatic heterocycles. The first-order chi connectivity index (χ1) is 9.84. The average Bonchev–Trinajstić information content (AvgIpc) is 2.99. The maximum atomic E-state index is 5.71. The smallest absolute Gasteiger partial charge is 0.250 e. The first-order valence-corrected chi connectivity index (χ1v) is 6.72. The third-order valence-corrected chi connectivity index (χ3v) is 3.28. The Morgan fingerprint density at radius 3 is 3.00 bits per heavy atom. The van der Waals surface area contributed by atoms with Crippen LogP contribution in [0, 0.1) is 0 Å². The Hall–Kier alpha value is -1.99. The van der Waals surface area contributed by atoms with Crippen molar-refractivity contribution in [3.63, 3.8) is 0 Å². The number of anilines is 1. The Bertz CT molecular complexity index is 537. The van der Waals surface area contributed by atoms with Crippen molar-refractivity contribution in [2.45, 2.75) is 6.10 Å². The van der Waals surface area contributed by atoms with E-state index in [9.17, 15) is 0 Å². The molecule has 0 amide bonds. The number of hydrogen-bond acceptors (Lipinski definition) is 6. The van der Waals surface area contributed by atoms with E-state index in [0.29, 0.717) is 5.95 Å². The third kappa shape index (κ3) is 2.78. The SMILES string of the molecule is CN(CC1CNCCO1)c1nnnn1-c1ccccc1. The number of nitrogens with one attached hydrogen (secondary N) is 1. The van der Waals surface area contributed by atoms with Crippen LogP contribution in [0.5, 0.6) is 0 Å². The second-order valence-corrected chi connectivity index (χ2v) is 4.80. The molecule has 106 valence electrons. The van der Waals surface area contributed by atoms with E-state index in [1.54, 1.807) is 4.68 Å². The van der Waals surface area contributed by atoms with E-state index < -0.39 is 0 Å². The van der Waals surface area contributed by atoms with Gasteiger partial charge >= 0.3 is 0 Å². The zero-order valence-corrected chi connectivity index (χ0v) is 11.4. The van der Waals surface area contributed by atoms with E-state index >= 15 is 0 Å². The number of para-hydroxylation sites is 1. The summed E-state index contributed by atoms with van der Waals surface area (Å²) in [7, 11) is 1.98. The van der Waals surface area contributed by atoms with Crippen molar-refractivity contribution in [1.29, 1.82) is 0 Å². The van der Waals surface area contributed by atoms with E-state index in [1.165, 1.54) is 0 Å². The summed E-state index contributed by atoms with van der Waals surface area (Å²) < 4.78 is 7.44. The molecular weight excluding hydrogens is 256 g/mol. The predicted molar refractivity (Wildman–Crippen MR) is 75.0 cm³/mol. The highest BCUT2D eigenvalue weighted by atomic mass is 16.5. The van der Waals surface area contributed by atoms with Gasteiger partial charge in [0.1, 0.15) is 0 Å². The molecule has 7 heteroatoms. The van der Waals surface area contributed by atoms with Crippen molar-refractivity contribution in [2.24, 2.45) is 0 Å². The minimum Gasteiger partial charge on any atom is -0.374 e. The molecule has 0 bridgehead atoms. The van der Waals surface area contributed by atoms with Crippen molar-refractivity contribution in [3.8, 4) is 5.69 Å². The molecule has 0 spiro atoms.